The van der Waals surface area contributed by atoms with Gasteiger partial charge in [0.25, 0.3) is 5.56 Å². The molecule has 2 aliphatic heterocycles. The Bertz CT molecular complexity index is 1220. The van der Waals surface area contributed by atoms with Crippen LogP contribution < -0.4 is 20.3 Å². The van der Waals surface area contributed by atoms with Crippen LogP contribution in [0.25, 0.3) is 11.2 Å². The van der Waals surface area contributed by atoms with Gasteiger partial charge in [-0.1, -0.05) is 0 Å². The zero-order valence-electron chi connectivity index (χ0n) is 18.7. The van der Waals surface area contributed by atoms with Crippen LogP contribution in [0.3, 0.4) is 0 Å². The number of methoxy groups -OCH3 is 1. The molecule has 0 amide bonds. The predicted molar refractivity (Wildman–Crippen MR) is 124 cm³/mol. The van der Waals surface area contributed by atoms with E-state index in [2.05, 4.69) is 25.5 Å². The largest absolute Gasteiger partial charge is 0.481 e. The second kappa shape index (κ2) is 10.2. The van der Waals surface area contributed by atoms with Crippen molar-refractivity contribution in [2.24, 2.45) is 0 Å². The number of pyridine rings is 1. The summed E-state index contributed by atoms with van der Waals surface area (Å²) in [5.74, 6) is 1.89. The molecule has 1 saturated heterocycles. The molecule has 2 aliphatic rings. The van der Waals surface area contributed by atoms with Crippen LogP contribution in [-0.4, -0.2) is 74.2 Å². The first-order valence-corrected chi connectivity index (χ1v) is 12.1. The Morgan fingerprint density at radius 2 is 2.26 bits per heavy atom. The highest BCUT2D eigenvalue weighted by molar-refractivity contribution is 7.99. The Labute approximate surface area is 199 Å². The second-order valence-corrected chi connectivity index (χ2v) is 9.34. The molecule has 0 saturated carbocycles. The molecule has 1 fully saturated rings. The van der Waals surface area contributed by atoms with E-state index in [4.69, 9.17) is 14.2 Å². The van der Waals surface area contributed by atoms with Crippen molar-refractivity contribution >= 4 is 22.9 Å². The van der Waals surface area contributed by atoms with E-state index in [0.717, 1.165) is 22.8 Å². The smallest absolute Gasteiger partial charge is 0.270 e. The zero-order valence-corrected chi connectivity index (χ0v) is 19.5. The van der Waals surface area contributed by atoms with Gasteiger partial charge in [-0.05, 0) is 25.0 Å². The Hall–Kier alpha value is -2.80. The number of aromatic nitrogens is 5. The van der Waals surface area contributed by atoms with Crippen molar-refractivity contribution < 1.29 is 19.3 Å². The number of hydrogen-bond acceptors (Lipinski definition) is 11. The van der Waals surface area contributed by atoms with E-state index in [0.29, 0.717) is 49.1 Å². The SMILES string of the molecule is COc1ccc2ncc(=O)n(C[C@H](O)C3CC[C@@H](NCc4cc5c(nn4)OCCS5)CO3)c2n1. The monoisotopic (exact) mass is 486 g/mol. The number of ether oxygens (including phenoxy) is 3. The maximum atomic E-state index is 12.5. The normalized spacial score (nSPS) is 21.0. The van der Waals surface area contributed by atoms with Crippen LogP contribution in [0.2, 0.25) is 0 Å². The average molecular weight is 487 g/mol. The number of fused-ring (bicyclic) bond motifs is 2. The summed E-state index contributed by atoms with van der Waals surface area (Å²) in [5.41, 5.74) is 1.44. The van der Waals surface area contributed by atoms with Gasteiger partial charge < -0.3 is 24.6 Å². The van der Waals surface area contributed by atoms with Gasteiger partial charge in [-0.15, -0.1) is 16.9 Å². The van der Waals surface area contributed by atoms with Gasteiger partial charge in [-0.25, -0.2) is 4.98 Å². The minimum Gasteiger partial charge on any atom is -0.481 e. The van der Waals surface area contributed by atoms with Crippen molar-refractivity contribution in [3.8, 4) is 11.8 Å². The first-order chi connectivity index (χ1) is 16.6. The van der Waals surface area contributed by atoms with Crippen LogP contribution in [0.1, 0.15) is 18.5 Å². The molecule has 0 aromatic carbocycles. The fraction of sp³-hybridized carbons (Fsp3) is 0.500. The van der Waals surface area contributed by atoms with Crippen LogP contribution in [0.15, 0.2) is 34.1 Å². The molecule has 2 N–H and O–H groups in total. The fourth-order valence-electron chi connectivity index (χ4n) is 4.08. The predicted octanol–water partition coefficient (Wildman–Crippen LogP) is 0.773. The molecule has 1 unspecified atom stereocenters. The van der Waals surface area contributed by atoms with Gasteiger partial charge >= 0.3 is 0 Å². The Balaban J connectivity index is 1.17. The molecule has 0 bridgehead atoms. The molecule has 11 nitrogen and oxygen atoms in total. The third-order valence-corrected chi connectivity index (χ3v) is 6.89. The van der Waals surface area contributed by atoms with Crippen LogP contribution in [0.4, 0.5) is 0 Å². The molecule has 3 aromatic heterocycles. The van der Waals surface area contributed by atoms with Crippen molar-refractivity contribution in [3.63, 3.8) is 0 Å². The topological polar surface area (TPSA) is 134 Å². The summed E-state index contributed by atoms with van der Waals surface area (Å²) in [4.78, 5) is 21.9. The highest BCUT2D eigenvalue weighted by atomic mass is 32.2. The number of aliphatic hydroxyl groups excluding tert-OH is 1. The summed E-state index contributed by atoms with van der Waals surface area (Å²) in [7, 11) is 1.51. The maximum Gasteiger partial charge on any atom is 0.270 e. The number of nitrogens with one attached hydrogen (secondary N) is 1. The summed E-state index contributed by atoms with van der Waals surface area (Å²) in [5, 5.41) is 22.7. The zero-order chi connectivity index (χ0) is 23.5. The molecule has 0 aliphatic carbocycles. The fourth-order valence-corrected chi connectivity index (χ4v) is 4.91. The molecule has 3 atom stereocenters. The highest BCUT2D eigenvalue weighted by Gasteiger charge is 2.28. The lowest BCUT2D eigenvalue weighted by Gasteiger charge is -2.32. The van der Waals surface area contributed by atoms with Crippen LogP contribution in [-0.2, 0) is 17.8 Å². The average Bonchev–Trinajstić information content (AvgIpc) is 2.89. The van der Waals surface area contributed by atoms with Crippen molar-refractivity contribution in [2.75, 3.05) is 26.1 Å². The maximum absolute atomic E-state index is 12.5. The molecular weight excluding hydrogens is 460 g/mol. The lowest BCUT2D eigenvalue weighted by atomic mass is 10.0. The van der Waals surface area contributed by atoms with Gasteiger partial charge in [0.15, 0.2) is 5.65 Å². The molecule has 3 aromatic rings. The molecule has 34 heavy (non-hydrogen) atoms. The van der Waals surface area contributed by atoms with Crippen molar-refractivity contribution in [3.05, 3.63) is 40.4 Å². The van der Waals surface area contributed by atoms with Gasteiger partial charge in [0.2, 0.25) is 11.8 Å². The van der Waals surface area contributed by atoms with Crippen LogP contribution in [0, 0.1) is 0 Å². The number of thioether (sulfide) groups is 1. The van der Waals surface area contributed by atoms with Gasteiger partial charge in [-0.3, -0.25) is 9.36 Å². The van der Waals surface area contributed by atoms with Crippen molar-refractivity contribution in [1.82, 2.24) is 30.0 Å². The molecule has 0 spiro atoms. The van der Waals surface area contributed by atoms with E-state index in [-0.39, 0.29) is 24.2 Å². The first-order valence-electron chi connectivity index (χ1n) is 11.2. The third-order valence-electron chi connectivity index (χ3n) is 5.91. The van der Waals surface area contributed by atoms with E-state index in [9.17, 15) is 9.90 Å². The summed E-state index contributed by atoms with van der Waals surface area (Å²) in [6.07, 6.45) is 1.49. The van der Waals surface area contributed by atoms with Gasteiger partial charge in [0.1, 0.15) is 5.52 Å². The molecule has 12 heteroatoms. The molecule has 5 rings (SSSR count). The van der Waals surface area contributed by atoms with E-state index in [1.807, 2.05) is 6.07 Å². The third kappa shape index (κ3) is 4.99. The minimum absolute atomic E-state index is 0.0607. The quantitative estimate of drug-likeness (QED) is 0.490. The van der Waals surface area contributed by atoms with E-state index < -0.39 is 6.10 Å². The van der Waals surface area contributed by atoms with Gasteiger partial charge in [0, 0.05) is 24.4 Å². The van der Waals surface area contributed by atoms with Crippen LogP contribution in [0.5, 0.6) is 11.8 Å². The van der Waals surface area contributed by atoms with Gasteiger partial charge in [0.05, 0.1) is 55.9 Å². The Kier molecular flexibility index (Phi) is 6.90. The molecule has 5 heterocycles. The van der Waals surface area contributed by atoms with E-state index in [1.54, 1.807) is 23.9 Å². The van der Waals surface area contributed by atoms with Crippen molar-refractivity contribution in [2.45, 2.75) is 49.1 Å². The van der Waals surface area contributed by atoms with Crippen LogP contribution >= 0.6 is 11.8 Å². The summed E-state index contributed by atoms with van der Waals surface area (Å²) < 4.78 is 18.0. The molecule has 180 valence electrons. The minimum atomic E-state index is -0.860. The molecular formula is C22H26N6O5S. The Morgan fingerprint density at radius 1 is 1.35 bits per heavy atom. The number of rotatable bonds is 7. The first kappa shape index (κ1) is 23.0. The summed E-state index contributed by atoms with van der Waals surface area (Å²) in [6, 6.07) is 5.56. The second-order valence-electron chi connectivity index (χ2n) is 8.20. The standard InChI is InChI=1S/C22H26N6O5S/c1-31-19-5-3-15-21(25-19)28(20(30)10-24-15)11-16(29)17-4-2-13(12-33-17)23-9-14-8-18-22(27-26-14)32-6-7-34-18/h3,5,8,10,13,16-17,23,29H,2,4,6-7,9,11-12H2,1H3/t13-,16+,17?/m1/s1. The highest BCUT2D eigenvalue weighted by Crippen LogP contribution is 2.30. The van der Waals surface area contributed by atoms with E-state index in [1.165, 1.54) is 17.9 Å². The lowest BCUT2D eigenvalue weighted by molar-refractivity contribution is -0.0771. The Morgan fingerprint density at radius 3 is 3.09 bits per heavy atom. The summed E-state index contributed by atoms with van der Waals surface area (Å²) >= 11 is 1.72. The number of nitrogens with zero attached hydrogens (tertiary/aromatic N) is 5. The van der Waals surface area contributed by atoms with E-state index >= 15 is 0 Å². The molecule has 0 radical (unpaired) electrons. The lowest BCUT2D eigenvalue weighted by Crippen LogP contribution is -2.45. The number of hydrogen-bond donors (Lipinski definition) is 2. The van der Waals surface area contributed by atoms with Crippen molar-refractivity contribution in [1.29, 1.82) is 0 Å². The summed E-state index contributed by atoms with van der Waals surface area (Å²) in [6.45, 7) is 1.75. The van der Waals surface area contributed by atoms with Gasteiger partial charge in [-0.2, -0.15) is 10.1 Å². The number of aliphatic hydroxyl groups is 1.